The van der Waals surface area contributed by atoms with Gasteiger partial charge in [0.15, 0.2) is 0 Å². The number of sulfonamides is 1. The number of benzene rings is 1. The molecule has 23 heavy (non-hydrogen) atoms. The molecule has 0 aliphatic heterocycles. The molecule has 0 atom stereocenters. The van der Waals surface area contributed by atoms with E-state index in [0.717, 1.165) is 4.57 Å². The van der Waals surface area contributed by atoms with Gasteiger partial charge in [0.25, 0.3) is 0 Å². The van der Waals surface area contributed by atoms with Gasteiger partial charge in [0.1, 0.15) is 5.75 Å². The highest BCUT2D eigenvalue weighted by atomic mass is 32.2. The first-order valence-electron chi connectivity index (χ1n) is 6.95. The number of aromatic nitrogens is 2. The Labute approximate surface area is 133 Å². The molecule has 1 aromatic carbocycles. The van der Waals surface area contributed by atoms with Crippen LogP contribution in [-0.4, -0.2) is 36.7 Å². The highest BCUT2D eigenvalue weighted by Crippen LogP contribution is 2.16. The topological polar surface area (TPSA) is 113 Å². The van der Waals surface area contributed by atoms with Crippen molar-refractivity contribution in [1.82, 2.24) is 14.3 Å². The van der Waals surface area contributed by atoms with Gasteiger partial charge in [-0.15, -0.1) is 0 Å². The number of methoxy groups -OCH3 is 1. The molecule has 0 saturated carbocycles. The van der Waals surface area contributed by atoms with Gasteiger partial charge in [-0.25, -0.2) is 17.9 Å². The molecule has 0 saturated heterocycles. The van der Waals surface area contributed by atoms with Gasteiger partial charge in [-0.1, -0.05) is 0 Å². The van der Waals surface area contributed by atoms with Crippen molar-refractivity contribution < 1.29 is 18.3 Å². The van der Waals surface area contributed by atoms with Crippen LogP contribution in [-0.2, 0) is 23.5 Å². The second-order valence-electron chi connectivity index (χ2n) is 4.97. The summed E-state index contributed by atoms with van der Waals surface area (Å²) >= 11 is 0. The maximum atomic E-state index is 12.1. The molecule has 0 radical (unpaired) electrons. The molecule has 0 fully saturated rings. The van der Waals surface area contributed by atoms with E-state index in [1.165, 1.54) is 26.3 Å². The number of nitrogens with one attached hydrogen (secondary N) is 2. The molecule has 0 aliphatic carbocycles. The van der Waals surface area contributed by atoms with Gasteiger partial charge in [0.05, 0.1) is 17.7 Å². The molecule has 9 heteroatoms. The van der Waals surface area contributed by atoms with Crippen LogP contribution in [0.5, 0.6) is 11.6 Å². The largest absolute Gasteiger partial charge is 0.497 e. The lowest BCUT2D eigenvalue weighted by Crippen LogP contribution is -2.25. The smallest absolute Gasteiger partial charge is 0.328 e. The zero-order valence-electron chi connectivity index (χ0n) is 12.9. The Morgan fingerprint density at radius 3 is 2.48 bits per heavy atom. The van der Waals surface area contributed by atoms with E-state index < -0.39 is 15.7 Å². The lowest BCUT2D eigenvalue weighted by molar-refractivity contribution is 0.414. The molecular weight excluding hydrogens is 322 g/mol. The highest BCUT2D eigenvalue weighted by molar-refractivity contribution is 7.89. The zero-order valence-corrected chi connectivity index (χ0v) is 13.7. The number of aryl methyl sites for hydroxylation is 1. The maximum absolute atomic E-state index is 12.1. The summed E-state index contributed by atoms with van der Waals surface area (Å²) in [4.78, 5) is 14.0. The van der Waals surface area contributed by atoms with Crippen molar-refractivity contribution in [3.05, 3.63) is 40.4 Å². The lowest BCUT2D eigenvalue weighted by atomic mass is 10.2. The Balaban J connectivity index is 1.91. The quantitative estimate of drug-likeness (QED) is 0.629. The fourth-order valence-electron chi connectivity index (χ4n) is 2.05. The summed E-state index contributed by atoms with van der Waals surface area (Å²) in [5.41, 5.74) is -0.0162. The number of aromatic amines is 1. The first-order chi connectivity index (χ1) is 10.8. The summed E-state index contributed by atoms with van der Waals surface area (Å²) in [6.45, 7) is 0.185. The predicted molar refractivity (Wildman–Crippen MR) is 84.2 cm³/mol. The van der Waals surface area contributed by atoms with Gasteiger partial charge in [-0.3, -0.25) is 4.57 Å². The van der Waals surface area contributed by atoms with Crippen LogP contribution in [0.25, 0.3) is 0 Å². The summed E-state index contributed by atoms with van der Waals surface area (Å²) < 4.78 is 32.8. The summed E-state index contributed by atoms with van der Waals surface area (Å²) in [6, 6.07) is 6.06. The molecule has 0 amide bonds. The normalized spacial score (nSPS) is 11.6. The molecule has 0 spiro atoms. The van der Waals surface area contributed by atoms with E-state index in [0.29, 0.717) is 24.3 Å². The molecule has 0 aliphatic rings. The van der Waals surface area contributed by atoms with E-state index in [1.54, 1.807) is 12.1 Å². The molecule has 1 aromatic heterocycles. The van der Waals surface area contributed by atoms with Crippen LogP contribution in [0.15, 0.2) is 34.0 Å². The lowest BCUT2D eigenvalue weighted by Gasteiger charge is -2.07. The Bertz CT molecular complexity index is 821. The molecule has 0 bridgehead atoms. The fraction of sp³-hybridized carbons (Fsp3) is 0.357. The van der Waals surface area contributed by atoms with Gasteiger partial charge in [-0.05, 0) is 37.1 Å². The van der Waals surface area contributed by atoms with E-state index in [2.05, 4.69) is 9.71 Å². The third-order valence-electron chi connectivity index (χ3n) is 3.42. The Morgan fingerprint density at radius 1 is 1.30 bits per heavy atom. The van der Waals surface area contributed by atoms with Gasteiger partial charge >= 0.3 is 5.69 Å². The molecule has 126 valence electrons. The van der Waals surface area contributed by atoms with Crippen molar-refractivity contribution in [1.29, 1.82) is 0 Å². The van der Waals surface area contributed by atoms with Crippen LogP contribution in [0.2, 0.25) is 0 Å². The third-order valence-corrected chi connectivity index (χ3v) is 4.89. The van der Waals surface area contributed by atoms with Crippen LogP contribution >= 0.6 is 0 Å². The minimum absolute atomic E-state index is 0.131. The molecule has 3 N–H and O–H groups in total. The number of imidazole rings is 1. The van der Waals surface area contributed by atoms with E-state index in [9.17, 15) is 18.3 Å². The fourth-order valence-corrected chi connectivity index (χ4v) is 3.13. The molecular formula is C14H19N3O5S. The number of H-pyrrole nitrogens is 1. The maximum Gasteiger partial charge on any atom is 0.328 e. The van der Waals surface area contributed by atoms with Crippen LogP contribution in [0.1, 0.15) is 12.1 Å². The highest BCUT2D eigenvalue weighted by Gasteiger charge is 2.14. The van der Waals surface area contributed by atoms with Gasteiger partial charge < -0.3 is 14.8 Å². The summed E-state index contributed by atoms with van der Waals surface area (Å²) in [5, 5.41) is 9.69. The Kier molecular flexibility index (Phi) is 5.12. The third kappa shape index (κ3) is 3.93. The number of ether oxygens (including phenoxy) is 1. The standard InChI is InChI=1S/C14H19N3O5S/c1-17-13(18)12(16-14(17)19)4-3-9-15-23(20,21)11-7-5-10(22-2)6-8-11/h5-8,15,18H,3-4,9H2,1-2H3,(H,16,19). The van der Waals surface area contributed by atoms with E-state index in [1.807, 2.05) is 0 Å². The van der Waals surface area contributed by atoms with Gasteiger partial charge in [-0.2, -0.15) is 0 Å². The predicted octanol–water partition coefficient (Wildman–Crippen LogP) is 0.339. The van der Waals surface area contributed by atoms with E-state index in [4.69, 9.17) is 4.74 Å². The number of rotatable bonds is 7. The van der Waals surface area contributed by atoms with Crippen molar-refractivity contribution in [2.24, 2.45) is 7.05 Å². The number of hydrogen-bond donors (Lipinski definition) is 3. The van der Waals surface area contributed by atoms with Gasteiger partial charge in [0.2, 0.25) is 15.9 Å². The van der Waals surface area contributed by atoms with Crippen molar-refractivity contribution in [3.8, 4) is 11.6 Å². The Hall–Kier alpha value is -2.26. The minimum atomic E-state index is -3.60. The molecule has 2 rings (SSSR count). The summed E-state index contributed by atoms with van der Waals surface area (Å²) in [6.07, 6.45) is 0.788. The van der Waals surface area contributed by atoms with Crippen LogP contribution in [0.3, 0.4) is 0 Å². The van der Waals surface area contributed by atoms with Gasteiger partial charge in [0, 0.05) is 13.6 Å². The molecule has 2 aromatic rings. The molecule has 1 heterocycles. The number of nitrogens with zero attached hydrogens (tertiary/aromatic N) is 1. The zero-order chi connectivity index (χ0) is 17.0. The second-order valence-corrected chi connectivity index (χ2v) is 6.74. The number of aromatic hydroxyl groups is 1. The first-order valence-corrected chi connectivity index (χ1v) is 8.44. The number of hydrogen-bond acceptors (Lipinski definition) is 5. The van der Waals surface area contributed by atoms with E-state index in [-0.39, 0.29) is 17.3 Å². The van der Waals surface area contributed by atoms with Crippen LogP contribution < -0.4 is 15.1 Å². The SMILES string of the molecule is COc1ccc(S(=O)(=O)NCCCc2[nH]c(=O)n(C)c2O)cc1. The minimum Gasteiger partial charge on any atom is -0.497 e. The van der Waals surface area contributed by atoms with Crippen molar-refractivity contribution in [2.45, 2.75) is 17.7 Å². The second kappa shape index (κ2) is 6.88. The molecule has 0 unspecified atom stereocenters. The van der Waals surface area contributed by atoms with Crippen LogP contribution in [0.4, 0.5) is 0 Å². The van der Waals surface area contributed by atoms with E-state index >= 15 is 0 Å². The average molecular weight is 341 g/mol. The first kappa shape index (κ1) is 17.1. The summed E-state index contributed by atoms with van der Waals surface area (Å²) in [7, 11) is -0.644. The van der Waals surface area contributed by atoms with Crippen molar-refractivity contribution in [2.75, 3.05) is 13.7 Å². The summed E-state index contributed by atoms with van der Waals surface area (Å²) in [5.74, 6) is 0.445. The molecule has 8 nitrogen and oxygen atoms in total. The average Bonchev–Trinajstić information content (AvgIpc) is 2.79. The van der Waals surface area contributed by atoms with Crippen molar-refractivity contribution >= 4 is 10.0 Å². The Morgan fingerprint density at radius 2 is 1.96 bits per heavy atom. The monoisotopic (exact) mass is 341 g/mol. The van der Waals surface area contributed by atoms with Crippen molar-refractivity contribution in [3.63, 3.8) is 0 Å². The van der Waals surface area contributed by atoms with Crippen LogP contribution in [0, 0.1) is 0 Å².